The topological polar surface area (TPSA) is 71.8 Å². The number of aryl methyl sites for hydroxylation is 3. The molecule has 7 heteroatoms. The number of aliphatic hydroxyl groups is 1. The number of Topliss-reactive ketones (excluding diaryl/α,β-unsaturated/α-hetero) is 1. The van der Waals surface area contributed by atoms with E-state index in [-0.39, 0.29) is 16.9 Å². The fourth-order valence-corrected chi connectivity index (χ4v) is 5.26. The summed E-state index contributed by atoms with van der Waals surface area (Å²) in [6.07, 6.45) is 1.90. The summed E-state index contributed by atoms with van der Waals surface area (Å²) in [5.41, 5.74) is 4.40. The van der Waals surface area contributed by atoms with Crippen molar-refractivity contribution in [3.8, 4) is 5.75 Å². The molecule has 1 atom stereocenters. The van der Waals surface area contributed by atoms with Gasteiger partial charge in [-0.1, -0.05) is 35.9 Å². The molecule has 1 aliphatic rings. The molecule has 1 aromatic heterocycles. The van der Waals surface area contributed by atoms with Crippen molar-refractivity contribution in [1.29, 1.82) is 0 Å². The third kappa shape index (κ3) is 3.74. The predicted molar refractivity (Wildman–Crippen MR) is 142 cm³/mol. The molecule has 1 N–H and O–H groups in total. The number of benzene rings is 3. The molecule has 1 unspecified atom stereocenters. The van der Waals surface area contributed by atoms with E-state index in [1.165, 1.54) is 18.1 Å². The number of fused-ring (bicyclic) bond motifs is 1. The number of rotatable bonds is 4. The van der Waals surface area contributed by atoms with E-state index in [0.29, 0.717) is 16.5 Å². The number of anilines is 1. The van der Waals surface area contributed by atoms with Gasteiger partial charge in [-0.15, -0.1) is 0 Å². The first-order valence-electron chi connectivity index (χ1n) is 11.5. The molecule has 1 fully saturated rings. The Balaban J connectivity index is 1.85. The summed E-state index contributed by atoms with van der Waals surface area (Å²) in [4.78, 5) is 28.7. The molecule has 4 aromatic rings. The van der Waals surface area contributed by atoms with E-state index in [1.54, 1.807) is 12.1 Å². The molecule has 2 heterocycles. The summed E-state index contributed by atoms with van der Waals surface area (Å²) in [6.45, 7) is 3.88. The number of nitrogens with zero attached hydrogens (tertiary/aromatic N) is 2. The highest BCUT2D eigenvalue weighted by molar-refractivity contribution is 6.52. The molecule has 0 radical (unpaired) electrons. The van der Waals surface area contributed by atoms with Crippen molar-refractivity contribution in [2.24, 2.45) is 7.05 Å². The van der Waals surface area contributed by atoms with Gasteiger partial charge in [0.05, 0.1) is 24.3 Å². The van der Waals surface area contributed by atoms with Gasteiger partial charge in [-0.3, -0.25) is 14.5 Å². The Morgan fingerprint density at radius 2 is 1.69 bits per heavy atom. The maximum absolute atomic E-state index is 13.6. The van der Waals surface area contributed by atoms with Gasteiger partial charge < -0.3 is 14.4 Å². The molecule has 1 saturated heterocycles. The Morgan fingerprint density at radius 3 is 2.39 bits per heavy atom. The Kier molecular flexibility index (Phi) is 5.85. The fourth-order valence-electron chi connectivity index (χ4n) is 5.08. The van der Waals surface area contributed by atoms with Crippen LogP contribution in [0.3, 0.4) is 0 Å². The molecule has 6 nitrogen and oxygen atoms in total. The van der Waals surface area contributed by atoms with Crippen molar-refractivity contribution in [1.82, 2.24) is 4.57 Å². The lowest BCUT2D eigenvalue weighted by atomic mass is 9.94. The van der Waals surface area contributed by atoms with Crippen LogP contribution < -0.4 is 9.64 Å². The van der Waals surface area contributed by atoms with Crippen molar-refractivity contribution in [3.05, 3.63) is 99.7 Å². The predicted octanol–water partition coefficient (Wildman–Crippen LogP) is 6.08. The van der Waals surface area contributed by atoms with Crippen LogP contribution in [0.4, 0.5) is 5.69 Å². The fraction of sp³-hybridized carbons (Fsp3) is 0.172. The van der Waals surface area contributed by atoms with Gasteiger partial charge in [0.2, 0.25) is 0 Å². The van der Waals surface area contributed by atoms with Gasteiger partial charge in [-0.05, 0) is 61.4 Å². The number of ether oxygens (including phenoxy) is 1. The molecule has 36 heavy (non-hydrogen) atoms. The summed E-state index contributed by atoms with van der Waals surface area (Å²) in [5.74, 6) is -1.48. The van der Waals surface area contributed by atoms with Gasteiger partial charge in [0.15, 0.2) is 0 Å². The molecule has 182 valence electrons. The molecule has 0 aliphatic carbocycles. The average molecular weight is 501 g/mol. The van der Waals surface area contributed by atoms with E-state index in [4.69, 9.17) is 16.3 Å². The lowest BCUT2D eigenvalue weighted by Crippen LogP contribution is -2.29. The Bertz CT molecular complexity index is 1560. The second kappa shape index (κ2) is 8.88. The van der Waals surface area contributed by atoms with Crippen LogP contribution in [0.2, 0.25) is 5.02 Å². The smallest absolute Gasteiger partial charge is 0.300 e. The van der Waals surface area contributed by atoms with Crippen LogP contribution in [0.25, 0.3) is 16.7 Å². The van der Waals surface area contributed by atoms with Gasteiger partial charge in [0.25, 0.3) is 11.7 Å². The van der Waals surface area contributed by atoms with Crippen LogP contribution in [0.5, 0.6) is 5.75 Å². The van der Waals surface area contributed by atoms with Gasteiger partial charge in [0, 0.05) is 40.4 Å². The maximum atomic E-state index is 13.6. The molecule has 3 aromatic carbocycles. The van der Waals surface area contributed by atoms with Gasteiger partial charge in [-0.2, -0.15) is 0 Å². The molecule has 5 rings (SSSR count). The van der Waals surface area contributed by atoms with Crippen molar-refractivity contribution in [2.45, 2.75) is 19.9 Å². The van der Waals surface area contributed by atoms with Crippen molar-refractivity contribution in [3.63, 3.8) is 0 Å². The van der Waals surface area contributed by atoms with Gasteiger partial charge in [-0.25, -0.2) is 0 Å². The van der Waals surface area contributed by atoms with E-state index in [9.17, 15) is 14.7 Å². The SMILES string of the molecule is COc1ccc(Cl)cc1/C(O)=C1\C(=O)C(=O)N(c2cc(C)cc(C)c2)C1c1cn(C)c2ccccc12. The highest BCUT2D eigenvalue weighted by atomic mass is 35.5. The Morgan fingerprint density at radius 1 is 1.00 bits per heavy atom. The van der Waals surface area contributed by atoms with Gasteiger partial charge >= 0.3 is 0 Å². The summed E-state index contributed by atoms with van der Waals surface area (Å²) in [5, 5.41) is 12.8. The quantitative estimate of drug-likeness (QED) is 0.209. The number of para-hydroxylation sites is 1. The molecule has 1 amide bonds. The van der Waals surface area contributed by atoms with Crippen LogP contribution in [0, 0.1) is 13.8 Å². The molecule has 0 spiro atoms. The standard InChI is InChI=1S/C29H25ClN2O4/c1-16-11-17(2)13-19(12-16)32-26(22-15-31(3)23-8-6-5-7-20(22)23)25(28(34)29(32)35)27(33)21-14-18(30)9-10-24(21)36-4/h5-15,26,33H,1-4H3/b27-25+. The summed E-state index contributed by atoms with van der Waals surface area (Å²) in [6, 6.07) is 17.4. The Hall–Kier alpha value is -4.03. The van der Waals surface area contributed by atoms with E-state index < -0.39 is 17.7 Å². The normalized spacial score (nSPS) is 17.2. The zero-order valence-corrected chi connectivity index (χ0v) is 21.1. The van der Waals surface area contributed by atoms with Crippen LogP contribution in [-0.4, -0.2) is 28.5 Å². The molecule has 0 bridgehead atoms. The minimum Gasteiger partial charge on any atom is -0.507 e. The molecule has 0 saturated carbocycles. The summed E-state index contributed by atoms with van der Waals surface area (Å²) >= 11 is 6.23. The lowest BCUT2D eigenvalue weighted by Gasteiger charge is -2.26. The largest absolute Gasteiger partial charge is 0.507 e. The minimum atomic E-state index is -0.860. The zero-order valence-electron chi connectivity index (χ0n) is 20.4. The number of methoxy groups -OCH3 is 1. The van der Waals surface area contributed by atoms with Crippen molar-refractivity contribution >= 4 is 45.6 Å². The van der Waals surface area contributed by atoms with Crippen molar-refractivity contribution < 1.29 is 19.4 Å². The van der Waals surface area contributed by atoms with E-state index in [1.807, 2.05) is 74.1 Å². The number of hydrogen-bond donors (Lipinski definition) is 1. The third-order valence-electron chi connectivity index (χ3n) is 6.57. The number of aromatic nitrogens is 1. The first kappa shape index (κ1) is 23.7. The van der Waals surface area contributed by atoms with Gasteiger partial charge in [0.1, 0.15) is 11.5 Å². The monoisotopic (exact) mass is 500 g/mol. The first-order chi connectivity index (χ1) is 17.2. The average Bonchev–Trinajstić information content (AvgIpc) is 3.31. The van der Waals surface area contributed by atoms with Crippen LogP contribution in [0.1, 0.15) is 28.3 Å². The second-order valence-corrected chi connectivity index (χ2v) is 9.51. The number of ketones is 1. The Labute approximate surface area is 214 Å². The number of amides is 1. The zero-order chi connectivity index (χ0) is 25.7. The number of carbonyl (C=O) groups excluding carboxylic acids is 2. The number of carbonyl (C=O) groups is 2. The number of aliphatic hydroxyl groups excluding tert-OH is 1. The summed E-state index contributed by atoms with van der Waals surface area (Å²) < 4.78 is 7.39. The second-order valence-electron chi connectivity index (χ2n) is 9.07. The van der Waals surface area contributed by atoms with Crippen LogP contribution >= 0.6 is 11.6 Å². The third-order valence-corrected chi connectivity index (χ3v) is 6.80. The van der Waals surface area contributed by atoms with Crippen LogP contribution in [-0.2, 0) is 16.6 Å². The van der Waals surface area contributed by atoms with Crippen LogP contribution in [0.15, 0.2) is 72.4 Å². The van der Waals surface area contributed by atoms with E-state index >= 15 is 0 Å². The highest BCUT2D eigenvalue weighted by Crippen LogP contribution is 2.46. The maximum Gasteiger partial charge on any atom is 0.300 e. The minimum absolute atomic E-state index is 0.0175. The first-order valence-corrected chi connectivity index (χ1v) is 11.9. The highest BCUT2D eigenvalue weighted by Gasteiger charge is 2.48. The molecular formula is C29H25ClN2O4. The summed E-state index contributed by atoms with van der Waals surface area (Å²) in [7, 11) is 3.38. The van der Waals surface area contributed by atoms with E-state index in [0.717, 1.165) is 27.6 Å². The number of hydrogen-bond acceptors (Lipinski definition) is 4. The van der Waals surface area contributed by atoms with Crippen molar-refractivity contribution in [2.75, 3.05) is 12.0 Å². The lowest BCUT2D eigenvalue weighted by molar-refractivity contribution is -0.132. The molecule has 1 aliphatic heterocycles. The number of halogens is 1. The molecular weight excluding hydrogens is 476 g/mol. The van der Waals surface area contributed by atoms with E-state index in [2.05, 4.69) is 0 Å².